The predicted molar refractivity (Wildman–Crippen MR) is 59.7 cm³/mol. The molecule has 0 atom stereocenters. The Balaban J connectivity index is 2.54. The number of halogens is 3. The van der Waals surface area contributed by atoms with Gasteiger partial charge in [-0.1, -0.05) is 35.3 Å². The van der Waals surface area contributed by atoms with Crippen molar-refractivity contribution in [1.82, 2.24) is 4.98 Å². The maximum Gasteiger partial charge on any atom is 0.138 e. The second-order valence-corrected chi connectivity index (χ2v) is 3.73. The van der Waals surface area contributed by atoms with Crippen molar-refractivity contribution < 1.29 is 4.39 Å². The van der Waals surface area contributed by atoms with E-state index in [-0.39, 0.29) is 11.0 Å². The minimum atomic E-state index is -0.307. The number of hydrogen-bond donors (Lipinski definition) is 0. The Morgan fingerprint density at radius 1 is 1.07 bits per heavy atom. The van der Waals surface area contributed by atoms with Crippen molar-refractivity contribution in [2.24, 2.45) is 0 Å². The van der Waals surface area contributed by atoms with Crippen molar-refractivity contribution in [2.75, 3.05) is 0 Å². The van der Waals surface area contributed by atoms with Crippen LogP contribution in [0, 0.1) is 5.82 Å². The molecule has 0 radical (unpaired) electrons. The molecule has 0 saturated heterocycles. The van der Waals surface area contributed by atoms with Gasteiger partial charge in [-0.15, -0.1) is 0 Å². The van der Waals surface area contributed by atoms with Crippen molar-refractivity contribution in [3.8, 4) is 11.1 Å². The number of benzene rings is 1. The molecule has 1 heterocycles. The summed E-state index contributed by atoms with van der Waals surface area (Å²) in [5.74, 6) is -0.307. The summed E-state index contributed by atoms with van der Waals surface area (Å²) >= 11 is 11.6. The number of nitrogens with zero attached hydrogens (tertiary/aromatic N) is 1. The van der Waals surface area contributed by atoms with Crippen LogP contribution in [0.1, 0.15) is 0 Å². The number of aromatic nitrogens is 1. The van der Waals surface area contributed by atoms with E-state index in [1.807, 2.05) is 0 Å². The number of hydrogen-bond acceptors (Lipinski definition) is 1. The zero-order valence-corrected chi connectivity index (χ0v) is 9.06. The fraction of sp³-hybridized carbons (Fsp3) is 0. The molecule has 0 saturated carbocycles. The van der Waals surface area contributed by atoms with Crippen LogP contribution in [0.4, 0.5) is 4.39 Å². The van der Waals surface area contributed by atoms with E-state index in [0.717, 1.165) is 0 Å². The van der Waals surface area contributed by atoms with Crippen molar-refractivity contribution in [3.63, 3.8) is 0 Å². The van der Waals surface area contributed by atoms with E-state index < -0.39 is 0 Å². The first-order chi connectivity index (χ1) is 7.16. The van der Waals surface area contributed by atoms with E-state index in [4.69, 9.17) is 23.2 Å². The third-order valence-electron chi connectivity index (χ3n) is 1.95. The van der Waals surface area contributed by atoms with E-state index in [0.29, 0.717) is 16.3 Å². The summed E-state index contributed by atoms with van der Waals surface area (Å²) in [4.78, 5) is 3.89. The molecule has 0 amide bonds. The maximum atomic E-state index is 13.0. The Hall–Kier alpha value is -1.12. The van der Waals surface area contributed by atoms with Crippen LogP contribution in [0.5, 0.6) is 0 Å². The highest BCUT2D eigenvalue weighted by atomic mass is 35.5. The number of rotatable bonds is 1. The van der Waals surface area contributed by atoms with Crippen LogP contribution in [0.3, 0.4) is 0 Å². The third kappa shape index (κ3) is 2.28. The lowest BCUT2D eigenvalue weighted by Crippen LogP contribution is -1.84. The SMILES string of the molecule is Fc1cccc(-c2ccc(Cl)nc2Cl)c1. The summed E-state index contributed by atoms with van der Waals surface area (Å²) in [6.45, 7) is 0. The highest BCUT2D eigenvalue weighted by molar-refractivity contribution is 6.34. The molecule has 76 valence electrons. The van der Waals surface area contributed by atoms with Crippen molar-refractivity contribution in [3.05, 3.63) is 52.5 Å². The van der Waals surface area contributed by atoms with Crippen LogP contribution in [0.25, 0.3) is 11.1 Å². The van der Waals surface area contributed by atoms with Crippen LogP contribution in [0.15, 0.2) is 36.4 Å². The van der Waals surface area contributed by atoms with Gasteiger partial charge in [0.05, 0.1) is 0 Å². The molecule has 4 heteroatoms. The fourth-order valence-corrected chi connectivity index (χ4v) is 1.74. The smallest absolute Gasteiger partial charge is 0.138 e. The Bertz CT molecular complexity index is 500. The van der Waals surface area contributed by atoms with Gasteiger partial charge in [-0.05, 0) is 29.8 Å². The lowest BCUT2D eigenvalue weighted by molar-refractivity contribution is 0.628. The Morgan fingerprint density at radius 3 is 2.53 bits per heavy atom. The van der Waals surface area contributed by atoms with Crippen molar-refractivity contribution in [1.29, 1.82) is 0 Å². The van der Waals surface area contributed by atoms with E-state index in [1.165, 1.54) is 12.1 Å². The monoisotopic (exact) mass is 241 g/mol. The molecule has 0 aliphatic carbocycles. The van der Waals surface area contributed by atoms with Crippen LogP contribution in [0.2, 0.25) is 10.3 Å². The van der Waals surface area contributed by atoms with Crippen LogP contribution >= 0.6 is 23.2 Å². The molecule has 1 aromatic carbocycles. The van der Waals surface area contributed by atoms with E-state index in [1.54, 1.807) is 24.3 Å². The summed E-state index contributed by atoms with van der Waals surface area (Å²) in [7, 11) is 0. The van der Waals surface area contributed by atoms with Gasteiger partial charge in [0.15, 0.2) is 0 Å². The predicted octanol–water partition coefficient (Wildman–Crippen LogP) is 4.19. The maximum absolute atomic E-state index is 13.0. The van der Waals surface area contributed by atoms with Gasteiger partial charge in [0.1, 0.15) is 16.1 Å². The van der Waals surface area contributed by atoms with Crippen LogP contribution < -0.4 is 0 Å². The van der Waals surface area contributed by atoms with Crippen molar-refractivity contribution in [2.45, 2.75) is 0 Å². The lowest BCUT2D eigenvalue weighted by atomic mass is 10.1. The van der Waals surface area contributed by atoms with Gasteiger partial charge in [-0.2, -0.15) is 0 Å². The van der Waals surface area contributed by atoms with Crippen LogP contribution in [-0.4, -0.2) is 4.98 Å². The van der Waals surface area contributed by atoms with E-state index in [9.17, 15) is 4.39 Å². The summed E-state index contributed by atoms with van der Waals surface area (Å²) in [5.41, 5.74) is 1.35. The summed E-state index contributed by atoms with van der Waals surface area (Å²) in [6, 6.07) is 9.49. The highest BCUT2D eigenvalue weighted by Crippen LogP contribution is 2.27. The Kier molecular flexibility index (Phi) is 2.89. The molecule has 0 aliphatic rings. The van der Waals surface area contributed by atoms with Gasteiger partial charge < -0.3 is 0 Å². The first-order valence-electron chi connectivity index (χ1n) is 4.25. The van der Waals surface area contributed by atoms with Gasteiger partial charge in [0.25, 0.3) is 0 Å². The van der Waals surface area contributed by atoms with Gasteiger partial charge in [-0.3, -0.25) is 0 Å². The average Bonchev–Trinajstić information content (AvgIpc) is 2.17. The van der Waals surface area contributed by atoms with Crippen LogP contribution in [-0.2, 0) is 0 Å². The Morgan fingerprint density at radius 2 is 1.87 bits per heavy atom. The molecule has 1 aromatic heterocycles. The van der Waals surface area contributed by atoms with E-state index >= 15 is 0 Å². The molecule has 2 rings (SSSR count). The summed E-state index contributed by atoms with van der Waals surface area (Å²) in [5, 5.41) is 0.591. The second-order valence-electron chi connectivity index (χ2n) is 2.98. The minimum absolute atomic E-state index is 0.271. The lowest BCUT2D eigenvalue weighted by Gasteiger charge is -2.03. The standard InChI is InChI=1S/C11H6Cl2FN/c12-10-5-4-9(11(13)15-10)7-2-1-3-8(14)6-7/h1-6H. The first-order valence-corrected chi connectivity index (χ1v) is 5.00. The fourth-order valence-electron chi connectivity index (χ4n) is 1.28. The molecule has 0 fully saturated rings. The van der Waals surface area contributed by atoms with Gasteiger partial charge in [-0.25, -0.2) is 9.37 Å². The van der Waals surface area contributed by atoms with Gasteiger partial charge >= 0.3 is 0 Å². The molecule has 0 N–H and O–H groups in total. The highest BCUT2D eigenvalue weighted by Gasteiger charge is 2.05. The normalized spacial score (nSPS) is 10.3. The van der Waals surface area contributed by atoms with Crippen molar-refractivity contribution >= 4 is 23.2 Å². The average molecular weight is 242 g/mol. The van der Waals surface area contributed by atoms with E-state index in [2.05, 4.69) is 4.98 Å². The molecule has 15 heavy (non-hydrogen) atoms. The quantitative estimate of drug-likeness (QED) is 0.683. The molecule has 0 bridgehead atoms. The topological polar surface area (TPSA) is 12.9 Å². The summed E-state index contributed by atoms with van der Waals surface area (Å²) < 4.78 is 13.0. The second kappa shape index (κ2) is 4.17. The number of pyridine rings is 1. The molecule has 0 spiro atoms. The third-order valence-corrected chi connectivity index (χ3v) is 2.45. The molecular formula is C11H6Cl2FN. The molecular weight excluding hydrogens is 236 g/mol. The zero-order chi connectivity index (χ0) is 10.8. The Labute approximate surface area is 96.5 Å². The van der Waals surface area contributed by atoms with Gasteiger partial charge in [0, 0.05) is 5.56 Å². The largest absolute Gasteiger partial charge is 0.224 e. The molecule has 1 nitrogen and oxygen atoms in total. The first kappa shape index (κ1) is 10.4. The molecule has 0 aliphatic heterocycles. The van der Waals surface area contributed by atoms with Gasteiger partial charge in [0.2, 0.25) is 0 Å². The zero-order valence-electron chi connectivity index (χ0n) is 7.55. The molecule has 2 aromatic rings. The molecule has 0 unspecified atom stereocenters. The minimum Gasteiger partial charge on any atom is -0.224 e. The summed E-state index contributed by atoms with van der Waals surface area (Å²) in [6.07, 6.45) is 0.